The zero-order valence-electron chi connectivity index (χ0n) is 11.9. The Hall–Kier alpha value is -2.37. The van der Waals surface area contributed by atoms with E-state index < -0.39 is 0 Å². The number of hydrogen-bond acceptors (Lipinski definition) is 3. The largest absolute Gasteiger partial charge is 0.318 e. The van der Waals surface area contributed by atoms with Gasteiger partial charge in [-0.15, -0.1) is 0 Å². The van der Waals surface area contributed by atoms with Crippen LogP contribution >= 0.6 is 0 Å². The summed E-state index contributed by atoms with van der Waals surface area (Å²) in [4.78, 5) is 28.0. The summed E-state index contributed by atoms with van der Waals surface area (Å²) in [5, 5.41) is 0. The van der Waals surface area contributed by atoms with Gasteiger partial charge in [0.15, 0.2) is 0 Å². The molecule has 1 aliphatic rings. The molecule has 0 bridgehead atoms. The van der Waals surface area contributed by atoms with E-state index in [1.807, 2.05) is 35.8 Å². The molecular formula is C15H18N4O2. The normalized spacial score (nSPS) is 14.1. The number of imidazole rings is 1. The number of rotatable bonds is 4. The van der Waals surface area contributed by atoms with Crippen LogP contribution in [0.2, 0.25) is 0 Å². The van der Waals surface area contributed by atoms with Gasteiger partial charge in [-0.05, 0) is 25.0 Å². The van der Waals surface area contributed by atoms with Crippen molar-refractivity contribution in [1.82, 2.24) is 20.4 Å². The Bertz CT molecular complexity index is 688. The van der Waals surface area contributed by atoms with Crippen LogP contribution in [0.1, 0.15) is 25.6 Å². The van der Waals surface area contributed by atoms with Crippen molar-refractivity contribution in [3.8, 4) is 0 Å². The minimum atomic E-state index is -0.248. The fourth-order valence-electron chi connectivity index (χ4n) is 2.33. The van der Waals surface area contributed by atoms with Gasteiger partial charge in [0.25, 0.3) is 5.91 Å². The van der Waals surface area contributed by atoms with E-state index in [1.54, 1.807) is 0 Å². The second-order valence-electron chi connectivity index (χ2n) is 5.27. The van der Waals surface area contributed by atoms with Gasteiger partial charge in [0, 0.05) is 12.3 Å². The molecule has 6 heteroatoms. The van der Waals surface area contributed by atoms with Crippen LogP contribution in [-0.2, 0) is 22.6 Å². The number of benzene rings is 1. The fourth-order valence-corrected chi connectivity index (χ4v) is 2.33. The first-order chi connectivity index (χ1) is 10.2. The zero-order valence-corrected chi connectivity index (χ0v) is 11.9. The Morgan fingerprint density at radius 2 is 2.05 bits per heavy atom. The van der Waals surface area contributed by atoms with E-state index in [0.717, 1.165) is 36.1 Å². The Kier molecular flexibility index (Phi) is 3.60. The molecule has 1 heterocycles. The molecule has 6 nitrogen and oxygen atoms in total. The lowest BCUT2D eigenvalue weighted by Gasteiger charge is -2.10. The molecule has 2 aromatic rings. The summed E-state index contributed by atoms with van der Waals surface area (Å²) < 4.78 is 1.88. The fraction of sp³-hybridized carbons (Fsp3) is 0.400. The van der Waals surface area contributed by atoms with Gasteiger partial charge in [0.2, 0.25) is 5.91 Å². The van der Waals surface area contributed by atoms with E-state index in [4.69, 9.17) is 0 Å². The standard InChI is InChI=1S/C15H18N4O2/c1-2-13-16-11-5-3-4-6-12(11)19(13)9-14(20)17-18-15(21)10-7-8-10/h3-6,10H,2,7-9H2,1H3,(H,17,20)(H,18,21). The summed E-state index contributed by atoms with van der Waals surface area (Å²) >= 11 is 0. The molecule has 0 spiro atoms. The number of carbonyl (C=O) groups excluding carboxylic acids is 2. The van der Waals surface area contributed by atoms with Gasteiger partial charge < -0.3 is 4.57 Å². The summed E-state index contributed by atoms with van der Waals surface area (Å²) in [5.74, 6) is 0.585. The smallest absolute Gasteiger partial charge is 0.258 e. The first-order valence-corrected chi connectivity index (χ1v) is 7.22. The lowest BCUT2D eigenvalue weighted by atomic mass is 10.3. The maximum Gasteiger partial charge on any atom is 0.258 e. The molecule has 2 amide bonds. The van der Waals surface area contributed by atoms with Crippen molar-refractivity contribution < 1.29 is 9.59 Å². The summed E-state index contributed by atoms with van der Waals surface area (Å²) in [6.45, 7) is 2.15. The second kappa shape index (κ2) is 5.55. The summed E-state index contributed by atoms with van der Waals surface area (Å²) in [5.41, 5.74) is 6.75. The van der Waals surface area contributed by atoms with Gasteiger partial charge in [0.1, 0.15) is 12.4 Å². The van der Waals surface area contributed by atoms with E-state index in [2.05, 4.69) is 15.8 Å². The SMILES string of the molecule is CCc1nc2ccccc2n1CC(=O)NNC(=O)C1CC1. The third-order valence-corrected chi connectivity index (χ3v) is 3.62. The van der Waals surface area contributed by atoms with Crippen LogP contribution in [0.3, 0.4) is 0 Å². The van der Waals surface area contributed by atoms with Gasteiger partial charge in [-0.1, -0.05) is 19.1 Å². The van der Waals surface area contributed by atoms with Crippen LogP contribution in [0.5, 0.6) is 0 Å². The van der Waals surface area contributed by atoms with E-state index in [9.17, 15) is 9.59 Å². The molecule has 21 heavy (non-hydrogen) atoms. The predicted molar refractivity (Wildman–Crippen MR) is 78.1 cm³/mol. The number of aromatic nitrogens is 2. The molecule has 0 radical (unpaired) electrons. The number of hydrazine groups is 1. The van der Waals surface area contributed by atoms with Crippen molar-refractivity contribution >= 4 is 22.8 Å². The molecule has 0 saturated heterocycles. The number of nitrogens with one attached hydrogen (secondary N) is 2. The lowest BCUT2D eigenvalue weighted by Crippen LogP contribution is -2.44. The van der Waals surface area contributed by atoms with Crippen LogP contribution in [0.25, 0.3) is 11.0 Å². The quantitative estimate of drug-likeness (QED) is 0.828. The number of carbonyl (C=O) groups is 2. The summed E-state index contributed by atoms with van der Waals surface area (Å²) in [6.07, 6.45) is 2.57. The number of aryl methyl sites for hydroxylation is 1. The van der Waals surface area contributed by atoms with Gasteiger partial charge in [-0.25, -0.2) is 4.98 Å². The third-order valence-electron chi connectivity index (χ3n) is 3.62. The molecule has 1 saturated carbocycles. The Morgan fingerprint density at radius 3 is 2.76 bits per heavy atom. The molecule has 110 valence electrons. The maximum atomic E-state index is 12.0. The van der Waals surface area contributed by atoms with Gasteiger partial charge >= 0.3 is 0 Å². The molecule has 0 aliphatic heterocycles. The van der Waals surface area contributed by atoms with Crippen LogP contribution in [0, 0.1) is 5.92 Å². The molecule has 0 atom stereocenters. The molecular weight excluding hydrogens is 268 g/mol. The molecule has 2 N–H and O–H groups in total. The van der Waals surface area contributed by atoms with Gasteiger partial charge in [-0.3, -0.25) is 20.4 Å². The molecule has 1 aromatic heterocycles. The average molecular weight is 286 g/mol. The van der Waals surface area contributed by atoms with E-state index in [0.29, 0.717) is 0 Å². The molecule has 0 unspecified atom stereocenters. The van der Waals surface area contributed by atoms with Gasteiger partial charge in [0.05, 0.1) is 11.0 Å². The predicted octanol–water partition coefficient (Wildman–Crippen LogP) is 1.16. The molecule has 1 fully saturated rings. The van der Waals surface area contributed by atoms with E-state index >= 15 is 0 Å². The van der Waals surface area contributed by atoms with Crippen LogP contribution in [0.4, 0.5) is 0 Å². The first kappa shape index (κ1) is 13.6. The molecule has 1 aromatic carbocycles. The highest BCUT2D eigenvalue weighted by Gasteiger charge is 2.29. The summed E-state index contributed by atoms with van der Waals surface area (Å²) in [6, 6.07) is 7.72. The zero-order chi connectivity index (χ0) is 14.8. The van der Waals surface area contributed by atoms with Crippen LogP contribution < -0.4 is 10.9 Å². The highest BCUT2D eigenvalue weighted by molar-refractivity contribution is 5.85. The number of amides is 2. The number of para-hydroxylation sites is 2. The molecule has 1 aliphatic carbocycles. The minimum absolute atomic E-state index is 0.0746. The number of hydrogen-bond donors (Lipinski definition) is 2. The van der Waals surface area contributed by atoms with Gasteiger partial charge in [-0.2, -0.15) is 0 Å². The highest BCUT2D eigenvalue weighted by Crippen LogP contribution is 2.28. The number of nitrogens with zero attached hydrogens (tertiary/aromatic N) is 2. The Balaban J connectivity index is 1.71. The third kappa shape index (κ3) is 2.89. The number of fused-ring (bicyclic) bond motifs is 1. The van der Waals surface area contributed by atoms with E-state index in [1.165, 1.54) is 0 Å². The second-order valence-corrected chi connectivity index (χ2v) is 5.27. The van der Waals surface area contributed by atoms with Crippen molar-refractivity contribution in [2.24, 2.45) is 5.92 Å². The van der Waals surface area contributed by atoms with Crippen molar-refractivity contribution in [3.63, 3.8) is 0 Å². The molecule has 3 rings (SSSR count). The van der Waals surface area contributed by atoms with Crippen molar-refractivity contribution in [1.29, 1.82) is 0 Å². The van der Waals surface area contributed by atoms with E-state index in [-0.39, 0.29) is 24.3 Å². The minimum Gasteiger partial charge on any atom is -0.318 e. The van der Waals surface area contributed by atoms with Crippen molar-refractivity contribution in [2.75, 3.05) is 0 Å². The maximum absolute atomic E-state index is 12.0. The Labute approximate surface area is 122 Å². The van der Waals surface area contributed by atoms with Crippen molar-refractivity contribution in [2.45, 2.75) is 32.7 Å². The van der Waals surface area contributed by atoms with Crippen molar-refractivity contribution in [3.05, 3.63) is 30.1 Å². The monoisotopic (exact) mass is 286 g/mol. The average Bonchev–Trinajstić information content (AvgIpc) is 3.29. The Morgan fingerprint density at radius 1 is 1.29 bits per heavy atom. The first-order valence-electron chi connectivity index (χ1n) is 7.22. The lowest BCUT2D eigenvalue weighted by molar-refractivity contribution is -0.129. The summed E-state index contributed by atoms with van der Waals surface area (Å²) in [7, 11) is 0. The van der Waals surface area contributed by atoms with Crippen LogP contribution in [0.15, 0.2) is 24.3 Å². The van der Waals surface area contributed by atoms with Crippen LogP contribution in [-0.4, -0.2) is 21.4 Å². The topological polar surface area (TPSA) is 76.0 Å². The highest BCUT2D eigenvalue weighted by atomic mass is 16.2.